The normalized spacial score (nSPS) is 20.0. The lowest BCUT2D eigenvalue weighted by atomic mass is 9.92. The number of aromatic nitrogens is 1. The third kappa shape index (κ3) is 5.84. The van der Waals surface area contributed by atoms with E-state index < -0.39 is 11.7 Å². The summed E-state index contributed by atoms with van der Waals surface area (Å²) < 4.78 is 12.9. The van der Waals surface area contributed by atoms with Gasteiger partial charge in [-0.3, -0.25) is 14.5 Å². The van der Waals surface area contributed by atoms with Gasteiger partial charge in [0.15, 0.2) is 5.13 Å². The molecule has 0 bridgehead atoms. The summed E-state index contributed by atoms with van der Waals surface area (Å²) in [5.74, 6) is 0.180. The number of nitrogens with one attached hydrogen (secondary N) is 2. The second-order valence-corrected chi connectivity index (χ2v) is 8.38. The Morgan fingerprint density at radius 2 is 1.89 bits per heavy atom. The maximum atomic E-state index is 12.9. The van der Waals surface area contributed by atoms with Gasteiger partial charge in [-0.1, -0.05) is 13.8 Å². The average Bonchev–Trinajstić information content (AvgIpc) is 3.06. The fourth-order valence-corrected chi connectivity index (χ4v) is 4.33. The van der Waals surface area contributed by atoms with E-state index in [1.807, 2.05) is 5.38 Å². The van der Waals surface area contributed by atoms with Crippen LogP contribution < -0.4 is 10.6 Å². The average molecular weight is 405 g/mol. The zero-order valence-electron chi connectivity index (χ0n) is 16.1. The molecule has 6 nitrogen and oxygen atoms in total. The molecule has 1 aromatic carbocycles. The SMILES string of the molecule is C[C@@H]1C[C@H](C)CN(Cc2csc(NC(=O)CNC(=O)c3ccc(F)cc3)n2)C1. The van der Waals surface area contributed by atoms with Crippen molar-refractivity contribution in [2.45, 2.75) is 26.8 Å². The molecule has 1 aromatic heterocycles. The number of rotatable bonds is 6. The first-order chi connectivity index (χ1) is 13.4. The molecule has 0 unspecified atom stereocenters. The number of carbonyl (C=O) groups is 2. The van der Waals surface area contributed by atoms with Crippen LogP contribution in [0.4, 0.5) is 9.52 Å². The number of piperidine rings is 1. The smallest absolute Gasteiger partial charge is 0.251 e. The molecule has 1 fully saturated rings. The molecule has 1 saturated heterocycles. The van der Waals surface area contributed by atoms with Crippen LogP contribution in [-0.4, -0.2) is 41.3 Å². The first-order valence-electron chi connectivity index (χ1n) is 9.39. The van der Waals surface area contributed by atoms with Gasteiger partial charge < -0.3 is 10.6 Å². The van der Waals surface area contributed by atoms with E-state index in [9.17, 15) is 14.0 Å². The van der Waals surface area contributed by atoms with Crippen LogP contribution in [0, 0.1) is 17.7 Å². The lowest BCUT2D eigenvalue weighted by Gasteiger charge is -2.34. The standard InChI is InChI=1S/C20H25FN4O2S/c1-13-7-14(2)10-25(9-13)11-17-12-28-20(23-17)24-18(26)8-22-19(27)15-3-5-16(21)6-4-15/h3-6,12-14H,7-11H2,1-2H3,(H,22,27)(H,23,24,26)/t13-,14+. The predicted octanol–water partition coefficient (Wildman–Crippen LogP) is 3.13. The Morgan fingerprint density at radius 3 is 2.57 bits per heavy atom. The summed E-state index contributed by atoms with van der Waals surface area (Å²) in [4.78, 5) is 30.9. The summed E-state index contributed by atoms with van der Waals surface area (Å²) in [6, 6.07) is 5.15. The largest absolute Gasteiger partial charge is 0.343 e. The molecule has 0 spiro atoms. The summed E-state index contributed by atoms with van der Waals surface area (Å²) in [7, 11) is 0. The lowest BCUT2D eigenvalue weighted by molar-refractivity contribution is -0.115. The fraction of sp³-hybridized carbons (Fsp3) is 0.450. The maximum Gasteiger partial charge on any atom is 0.251 e. The summed E-state index contributed by atoms with van der Waals surface area (Å²) in [5, 5.41) is 7.70. The van der Waals surface area contributed by atoms with Gasteiger partial charge in [-0.2, -0.15) is 0 Å². The van der Waals surface area contributed by atoms with E-state index in [2.05, 4.69) is 34.4 Å². The number of anilines is 1. The molecule has 8 heteroatoms. The van der Waals surface area contributed by atoms with E-state index in [1.54, 1.807) is 0 Å². The van der Waals surface area contributed by atoms with Crippen LogP contribution >= 0.6 is 11.3 Å². The summed E-state index contributed by atoms with van der Waals surface area (Å²) >= 11 is 1.38. The number of carbonyl (C=O) groups excluding carboxylic acids is 2. The van der Waals surface area contributed by atoms with Crippen molar-refractivity contribution in [3.05, 3.63) is 46.7 Å². The third-order valence-electron chi connectivity index (χ3n) is 4.64. The van der Waals surface area contributed by atoms with Crippen molar-refractivity contribution in [1.29, 1.82) is 0 Å². The summed E-state index contributed by atoms with van der Waals surface area (Å²) in [5.41, 5.74) is 1.24. The molecule has 2 amide bonds. The van der Waals surface area contributed by atoms with E-state index in [0.717, 1.165) is 25.3 Å². The van der Waals surface area contributed by atoms with E-state index in [-0.39, 0.29) is 12.5 Å². The van der Waals surface area contributed by atoms with Crippen LogP contribution in [0.1, 0.15) is 36.3 Å². The van der Waals surface area contributed by atoms with Crippen molar-refractivity contribution in [3.8, 4) is 0 Å². The molecular weight excluding hydrogens is 379 g/mol. The molecule has 1 aliphatic rings. The number of nitrogens with zero attached hydrogens (tertiary/aromatic N) is 2. The third-order valence-corrected chi connectivity index (χ3v) is 5.45. The number of likely N-dealkylation sites (tertiary alicyclic amines) is 1. The van der Waals surface area contributed by atoms with Crippen LogP contribution in [0.2, 0.25) is 0 Å². The monoisotopic (exact) mass is 404 g/mol. The van der Waals surface area contributed by atoms with Gasteiger partial charge in [-0.05, 0) is 42.5 Å². The van der Waals surface area contributed by atoms with Crippen molar-refractivity contribution in [3.63, 3.8) is 0 Å². The quantitative estimate of drug-likeness (QED) is 0.776. The minimum absolute atomic E-state index is 0.174. The minimum Gasteiger partial charge on any atom is -0.343 e. The Bertz CT molecular complexity index is 814. The summed E-state index contributed by atoms with van der Waals surface area (Å²) in [6.07, 6.45) is 1.26. The zero-order valence-corrected chi connectivity index (χ0v) is 16.9. The van der Waals surface area contributed by atoms with Gasteiger partial charge in [-0.25, -0.2) is 9.37 Å². The number of halogens is 1. The Morgan fingerprint density at radius 1 is 1.21 bits per heavy atom. The van der Waals surface area contributed by atoms with Gasteiger partial charge in [0.05, 0.1) is 12.2 Å². The van der Waals surface area contributed by atoms with Crippen LogP contribution in [0.3, 0.4) is 0 Å². The highest BCUT2D eigenvalue weighted by Gasteiger charge is 2.22. The number of thiazole rings is 1. The Labute approximate surface area is 168 Å². The molecule has 2 N–H and O–H groups in total. The molecule has 0 aliphatic carbocycles. The van der Waals surface area contributed by atoms with Gasteiger partial charge in [0.1, 0.15) is 5.82 Å². The molecule has 0 radical (unpaired) electrons. The van der Waals surface area contributed by atoms with E-state index in [1.165, 1.54) is 42.0 Å². The van der Waals surface area contributed by atoms with E-state index in [0.29, 0.717) is 22.5 Å². The maximum absolute atomic E-state index is 12.9. The zero-order chi connectivity index (χ0) is 20.1. The van der Waals surface area contributed by atoms with Crippen LogP contribution in [0.15, 0.2) is 29.6 Å². The molecular formula is C20H25FN4O2S. The first-order valence-corrected chi connectivity index (χ1v) is 10.3. The Balaban J connectivity index is 1.46. The van der Waals surface area contributed by atoms with Crippen LogP contribution in [-0.2, 0) is 11.3 Å². The van der Waals surface area contributed by atoms with Gasteiger partial charge in [0.2, 0.25) is 5.91 Å². The first kappa shape index (κ1) is 20.4. The van der Waals surface area contributed by atoms with Crippen molar-refractivity contribution < 1.29 is 14.0 Å². The second-order valence-electron chi connectivity index (χ2n) is 7.52. The molecule has 2 aromatic rings. The number of benzene rings is 1. The second kappa shape index (κ2) is 9.25. The molecule has 1 aliphatic heterocycles. The van der Waals surface area contributed by atoms with Crippen molar-refractivity contribution >= 4 is 28.3 Å². The molecule has 2 atom stereocenters. The number of hydrogen-bond donors (Lipinski definition) is 2. The Kier molecular flexibility index (Phi) is 6.74. The molecule has 28 heavy (non-hydrogen) atoms. The van der Waals surface area contributed by atoms with Crippen molar-refractivity contribution in [1.82, 2.24) is 15.2 Å². The van der Waals surface area contributed by atoms with Crippen LogP contribution in [0.5, 0.6) is 0 Å². The Hall–Kier alpha value is -2.32. The number of amides is 2. The predicted molar refractivity (Wildman–Crippen MR) is 108 cm³/mol. The fourth-order valence-electron chi connectivity index (χ4n) is 3.61. The van der Waals surface area contributed by atoms with Crippen molar-refractivity contribution in [2.24, 2.45) is 11.8 Å². The van der Waals surface area contributed by atoms with Gasteiger partial charge in [0.25, 0.3) is 5.91 Å². The molecule has 2 heterocycles. The lowest BCUT2D eigenvalue weighted by Crippen LogP contribution is -2.38. The van der Waals surface area contributed by atoms with Gasteiger partial charge >= 0.3 is 0 Å². The van der Waals surface area contributed by atoms with E-state index in [4.69, 9.17) is 0 Å². The van der Waals surface area contributed by atoms with E-state index >= 15 is 0 Å². The highest BCUT2D eigenvalue weighted by Crippen LogP contribution is 2.23. The minimum atomic E-state index is -0.427. The topological polar surface area (TPSA) is 74.3 Å². The van der Waals surface area contributed by atoms with Gasteiger partial charge in [-0.15, -0.1) is 11.3 Å². The molecule has 3 rings (SSSR count). The van der Waals surface area contributed by atoms with Gasteiger partial charge in [0, 0.05) is 30.6 Å². The molecule has 0 saturated carbocycles. The van der Waals surface area contributed by atoms with Crippen LogP contribution in [0.25, 0.3) is 0 Å². The summed E-state index contributed by atoms with van der Waals surface area (Å²) in [6.45, 7) is 7.29. The number of hydrogen-bond acceptors (Lipinski definition) is 5. The molecule has 150 valence electrons. The highest BCUT2D eigenvalue weighted by molar-refractivity contribution is 7.13. The highest BCUT2D eigenvalue weighted by atomic mass is 32.1. The van der Waals surface area contributed by atoms with Crippen molar-refractivity contribution in [2.75, 3.05) is 25.0 Å².